The van der Waals surface area contributed by atoms with Gasteiger partial charge in [-0.15, -0.1) is 0 Å². The summed E-state index contributed by atoms with van der Waals surface area (Å²) in [7, 11) is 0. The summed E-state index contributed by atoms with van der Waals surface area (Å²) in [5.74, 6) is -0.379. The third kappa shape index (κ3) is 6.58. The third-order valence-electron chi connectivity index (χ3n) is 3.43. The number of benzene rings is 2. The number of nitrogens with one attached hydrogen (secondary N) is 1. The van der Waals surface area contributed by atoms with Gasteiger partial charge in [-0.2, -0.15) is 0 Å². The summed E-state index contributed by atoms with van der Waals surface area (Å²) in [4.78, 5) is 24.0. The maximum absolute atomic E-state index is 12.1. The summed E-state index contributed by atoms with van der Waals surface area (Å²) in [5, 5.41) is 2.74. The molecule has 0 saturated heterocycles. The van der Waals surface area contributed by atoms with Gasteiger partial charge in [0.15, 0.2) is 0 Å². The van der Waals surface area contributed by atoms with Crippen LogP contribution < -0.4 is 5.32 Å². The number of carbonyl (C=O) groups is 2. The zero-order valence-corrected chi connectivity index (χ0v) is 15.5. The van der Waals surface area contributed by atoms with E-state index >= 15 is 0 Å². The second-order valence-corrected chi connectivity index (χ2v) is 6.24. The van der Waals surface area contributed by atoms with Crippen molar-refractivity contribution >= 4 is 28.0 Å². The number of esters is 1. The second kappa shape index (κ2) is 9.84. The monoisotopic (exact) mass is 405 g/mol. The summed E-state index contributed by atoms with van der Waals surface area (Å²) >= 11 is 3.39. The van der Waals surface area contributed by atoms with Crippen molar-refractivity contribution < 1.29 is 19.1 Å². The zero-order valence-electron chi connectivity index (χ0n) is 13.9. The molecule has 2 aromatic carbocycles. The molecule has 0 fully saturated rings. The molecule has 0 aromatic heterocycles. The fraction of sp³-hybridized carbons (Fsp3) is 0.263. The molecule has 6 heteroatoms. The minimum atomic E-state index is -0.585. The highest BCUT2D eigenvalue weighted by Crippen LogP contribution is 2.21. The maximum atomic E-state index is 12.1. The van der Waals surface area contributed by atoms with Crippen molar-refractivity contribution in [2.45, 2.75) is 26.0 Å². The molecule has 0 bridgehead atoms. The molecular formula is C19H20BrNO4. The first-order valence-corrected chi connectivity index (χ1v) is 8.76. The molecule has 0 radical (unpaired) electrons. The molecule has 132 valence electrons. The number of rotatable bonds is 7. The molecule has 2 aromatic rings. The van der Waals surface area contributed by atoms with Crippen LogP contribution in [-0.4, -0.2) is 18.7 Å². The van der Waals surface area contributed by atoms with Crippen LogP contribution in [0.25, 0.3) is 0 Å². The lowest BCUT2D eigenvalue weighted by molar-refractivity contribution is -0.143. The summed E-state index contributed by atoms with van der Waals surface area (Å²) in [6.45, 7) is 2.20. The molecule has 25 heavy (non-hydrogen) atoms. The third-order valence-corrected chi connectivity index (χ3v) is 3.93. The fourth-order valence-electron chi connectivity index (χ4n) is 2.27. The molecule has 0 aliphatic carbocycles. The molecule has 0 aliphatic rings. The van der Waals surface area contributed by atoms with Gasteiger partial charge in [0.05, 0.1) is 19.1 Å². The SMILES string of the molecule is CCOC(=O)CC(NC(=O)OCc1ccccc1)c1cccc(Br)c1. The van der Waals surface area contributed by atoms with E-state index in [2.05, 4.69) is 21.2 Å². The summed E-state index contributed by atoms with van der Waals surface area (Å²) in [5.41, 5.74) is 1.68. The van der Waals surface area contributed by atoms with Gasteiger partial charge >= 0.3 is 12.1 Å². The van der Waals surface area contributed by atoms with E-state index in [0.29, 0.717) is 6.61 Å². The van der Waals surface area contributed by atoms with E-state index in [-0.39, 0.29) is 19.0 Å². The van der Waals surface area contributed by atoms with Crippen molar-refractivity contribution in [3.8, 4) is 0 Å². The molecule has 1 N–H and O–H groups in total. The molecule has 5 nitrogen and oxygen atoms in total. The van der Waals surface area contributed by atoms with Gasteiger partial charge in [0, 0.05) is 4.47 Å². The topological polar surface area (TPSA) is 64.6 Å². The van der Waals surface area contributed by atoms with Crippen LogP contribution in [-0.2, 0) is 20.9 Å². The van der Waals surface area contributed by atoms with E-state index < -0.39 is 12.1 Å². The summed E-state index contributed by atoms with van der Waals surface area (Å²) in [6, 6.07) is 16.3. The van der Waals surface area contributed by atoms with Crippen LogP contribution in [0.1, 0.15) is 30.5 Å². The van der Waals surface area contributed by atoms with Gasteiger partial charge in [-0.05, 0) is 30.2 Å². The average molecular weight is 406 g/mol. The lowest BCUT2D eigenvalue weighted by Crippen LogP contribution is -2.31. The summed E-state index contributed by atoms with van der Waals surface area (Å²) < 4.78 is 11.1. The Balaban J connectivity index is 2.01. The second-order valence-electron chi connectivity index (χ2n) is 5.32. The van der Waals surface area contributed by atoms with Gasteiger partial charge in [0.25, 0.3) is 0 Å². The van der Waals surface area contributed by atoms with Crippen molar-refractivity contribution in [3.63, 3.8) is 0 Å². The van der Waals surface area contributed by atoms with Gasteiger partial charge < -0.3 is 14.8 Å². The van der Waals surface area contributed by atoms with Crippen LogP contribution >= 0.6 is 15.9 Å². The molecule has 1 atom stereocenters. The smallest absolute Gasteiger partial charge is 0.407 e. The van der Waals surface area contributed by atoms with E-state index in [9.17, 15) is 9.59 Å². The fourth-order valence-corrected chi connectivity index (χ4v) is 2.69. The van der Waals surface area contributed by atoms with Gasteiger partial charge in [-0.25, -0.2) is 4.79 Å². The van der Waals surface area contributed by atoms with Crippen LogP contribution in [0, 0.1) is 0 Å². The lowest BCUT2D eigenvalue weighted by atomic mass is 10.0. The Morgan fingerprint density at radius 2 is 1.84 bits per heavy atom. The van der Waals surface area contributed by atoms with E-state index in [1.54, 1.807) is 6.92 Å². The van der Waals surface area contributed by atoms with E-state index in [1.165, 1.54) is 0 Å². The molecule has 0 heterocycles. The Labute approximate surface area is 155 Å². The highest BCUT2D eigenvalue weighted by Gasteiger charge is 2.20. The largest absolute Gasteiger partial charge is 0.466 e. The van der Waals surface area contributed by atoms with E-state index in [1.807, 2.05) is 54.6 Å². The quantitative estimate of drug-likeness (QED) is 0.694. The van der Waals surface area contributed by atoms with Gasteiger partial charge in [0.2, 0.25) is 0 Å². The molecule has 0 saturated carbocycles. The predicted octanol–water partition coefficient (Wildman–Crippen LogP) is 4.37. The standard InChI is InChI=1S/C19H20BrNO4/c1-2-24-18(22)12-17(15-9-6-10-16(20)11-15)21-19(23)25-13-14-7-4-3-5-8-14/h3-11,17H,2,12-13H2,1H3,(H,21,23). The number of hydrogen-bond donors (Lipinski definition) is 1. The average Bonchev–Trinajstić information content (AvgIpc) is 2.60. The van der Waals surface area contributed by atoms with Crippen molar-refractivity contribution in [3.05, 3.63) is 70.2 Å². The molecule has 2 rings (SSSR count). The first kappa shape index (κ1) is 19.0. The Morgan fingerprint density at radius 1 is 1.08 bits per heavy atom. The van der Waals surface area contributed by atoms with Gasteiger partial charge in [0.1, 0.15) is 6.61 Å². The number of hydrogen-bond acceptors (Lipinski definition) is 4. The Bertz CT molecular complexity index is 706. The van der Waals surface area contributed by atoms with Crippen LogP contribution in [0.3, 0.4) is 0 Å². The van der Waals surface area contributed by atoms with Crippen molar-refractivity contribution in [1.29, 1.82) is 0 Å². The van der Waals surface area contributed by atoms with Crippen LogP contribution in [0.4, 0.5) is 4.79 Å². The number of amides is 1. The van der Waals surface area contributed by atoms with Crippen LogP contribution in [0.15, 0.2) is 59.1 Å². The van der Waals surface area contributed by atoms with Crippen LogP contribution in [0.5, 0.6) is 0 Å². The number of alkyl carbamates (subject to hydrolysis) is 1. The van der Waals surface area contributed by atoms with Crippen molar-refractivity contribution in [2.75, 3.05) is 6.61 Å². The van der Waals surface area contributed by atoms with Gasteiger partial charge in [-0.3, -0.25) is 4.79 Å². The van der Waals surface area contributed by atoms with E-state index in [0.717, 1.165) is 15.6 Å². The molecule has 0 aliphatic heterocycles. The molecule has 0 spiro atoms. The first-order chi connectivity index (χ1) is 12.1. The molecule has 1 unspecified atom stereocenters. The van der Waals surface area contributed by atoms with Gasteiger partial charge in [-0.1, -0.05) is 58.4 Å². The predicted molar refractivity (Wildman–Crippen MR) is 97.9 cm³/mol. The van der Waals surface area contributed by atoms with Crippen molar-refractivity contribution in [2.24, 2.45) is 0 Å². The van der Waals surface area contributed by atoms with Crippen molar-refractivity contribution in [1.82, 2.24) is 5.32 Å². The van der Waals surface area contributed by atoms with Crippen LogP contribution in [0.2, 0.25) is 0 Å². The Morgan fingerprint density at radius 3 is 2.52 bits per heavy atom. The minimum Gasteiger partial charge on any atom is -0.466 e. The summed E-state index contributed by atoms with van der Waals surface area (Å²) in [6.07, 6.45) is -0.553. The molecular weight excluding hydrogens is 386 g/mol. The van der Waals surface area contributed by atoms with E-state index in [4.69, 9.17) is 9.47 Å². The Kier molecular flexibility index (Phi) is 7.47. The Hall–Kier alpha value is -2.34. The normalized spacial score (nSPS) is 11.4. The maximum Gasteiger partial charge on any atom is 0.407 e. The highest BCUT2D eigenvalue weighted by atomic mass is 79.9. The molecule has 1 amide bonds. The zero-order chi connectivity index (χ0) is 18.1. The minimum absolute atomic E-state index is 0.0325. The lowest BCUT2D eigenvalue weighted by Gasteiger charge is -2.18. The first-order valence-electron chi connectivity index (χ1n) is 7.96. The number of carbonyl (C=O) groups excluding carboxylic acids is 2. The number of halogens is 1. The highest BCUT2D eigenvalue weighted by molar-refractivity contribution is 9.10. The number of ether oxygens (including phenoxy) is 2.